The number of aromatic nitrogens is 1. The lowest BCUT2D eigenvalue weighted by Crippen LogP contribution is -2.21. The van der Waals surface area contributed by atoms with Gasteiger partial charge in [-0.2, -0.15) is 0 Å². The van der Waals surface area contributed by atoms with Crippen molar-refractivity contribution in [3.63, 3.8) is 0 Å². The standard InChI is InChI=1S/C15H14N2O5/c1-11-5-6-13(17(20)21)12(10-11)15(19)22-9-8-16-7-3-2-4-14(16)18/h2-7,10H,8-9H2,1H3. The first-order chi connectivity index (χ1) is 10.5. The zero-order valence-electron chi connectivity index (χ0n) is 11.9. The van der Waals surface area contributed by atoms with Crippen molar-refractivity contribution in [2.24, 2.45) is 0 Å². The Labute approximate surface area is 125 Å². The number of aryl methyl sites for hydroxylation is 1. The summed E-state index contributed by atoms with van der Waals surface area (Å²) in [7, 11) is 0. The van der Waals surface area contributed by atoms with Crippen LogP contribution in [0.15, 0.2) is 47.4 Å². The molecule has 0 radical (unpaired) electrons. The number of esters is 1. The minimum Gasteiger partial charge on any atom is -0.460 e. The fraction of sp³-hybridized carbons (Fsp3) is 0.200. The molecule has 0 fully saturated rings. The Kier molecular flexibility index (Phi) is 4.67. The highest BCUT2D eigenvalue weighted by Crippen LogP contribution is 2.20. The van der Waals surface area contributed by atoms with E-state index in [-0.39, 0.29) is 30.0 Å². The Morgan fingerprint density at radius 3 is 2.77 bits per heavy atom. The maximum atomic E-state index is 12.0. The third-order valence-electron chi connectivity index (χ3n) is 3.03. The average molecular weight is 302 g/mol. The van der Waals surface area contributed by atoms with Gasteiger partial charge in [0, 0.05) is 18.3 Å². The van der Waals surface area contributed by atoms with Crippen molar-refractivity contribution in [2.45, 2.75) is 13.5 Å². The molecule has 0 aliphatic carbocycles. The van der Waals surface area contributed by atoms with Crippen LogP contribution in [-0.4, -0.2) is 22.1 Å². The van der Waals surface area contributed by atoms with Gasteiger partial charge in [0.2, 0.25) is 0 Å². The second kappa shape index (κ2) is 6.66. The molecule has 0 spiro atoms. The molecule has 0 amide bonds. The van der Waals surface area contributed by atoms with Gasteiger partial charge >= 0.3 is 5.97 Å². The molecule has 2 aromatic rings. The Balaban J connectivity index is 2.07. The third kappa shape index (κ3) is 3.57. The van der Waals surface area contributed by atoms with E-state index in [0.717, 1.165) is 5.56 Å². The second-order valence-corrected chi connectivity index (χ2v) is 4.65. The van der Waals surface area contributed by atoms with Gasteiger partial charge in [-0.3, -0.25) is 14.9 Å². The maximum absolute atomic E-state index is 12.0. The summed E-state index contributed by atoms with van der Waals surface area (Å²) in [6.45, 7) is 1.86. The highest BCUT2D eigenvalue weighted by atomic mass is 16.6. The molecule has 1 aromatic carbocycles. The van der Waals surface area contributed by atoms with Crippen molar-refractivity contribution in [1.82, 2.24) is 4.57 Å². The van der Waals surface area contributed by atoms with Gasteiger partial charge in [-0.25, -0.2) is 4.79 Å². The van der Waals surface area contributed by atoms with Crippen LogP contribution >= 0.6 is 0 Å². The molecule has 1 heterocycles. The first-order valence-electron chi connectivity index (χ1n) is 6.56. The molecule has 1 aromatic heterocycles. The minimum absolute atomic E-state index is 0.0478. The van der Waals surface area contributed by atoms with E-state index in [9.17, 15) is 19.7 Å². The summed E-state index contributed by atoms with van der Waals surface area (Å²) in [5.74, 6) is -0.778. The average Bonchev–Trinajstić information content (AvgIpc) is 2.48. The number of carbonyl (C=O) groups is 1. The Morgan fingerprint density at radius 2 is 2.09 bits per heavy atom. The smallest absolute Gasteiger partial charge is 0.345 e. The number of benzene rings is 1. The van der Waals surface area contributed by atoms with Crippen molar-refractivity contribution in [1.29, 1.82) is 0 Å². The number of pyridine rings is 1. The number of carbonyl (C=O) groups excluding carboxylic acids is 1. The topological polar surface area (TPSA) is 91.4 Å². The van der Waals surface area contributed by atoms with Crippen LogP contribution in [0, 0.1) is 17.0 Å². The van der Waals surface area contributed by atoms with Crippen molar-refractivity contribution < 1.29 is 14.5 Å². The van der Waals surface area contributed by atoms with Gasteiger partial charge in [0.1, 0.15) is 12.2 Å². The number of hydrogen-bond donors (Lipinski definition) is 0. The van der Waals surface area contributed by atoms with Gasteiger partial charge in [-0.1, -0.05) is 12.1 Å². The van der Waals surface area contributed by atoms with Gasteiger partial charge in [-0.15, -0.1) is 0 Å². The lowest BCUT2D eigenvalue weighted by atomic mass is 10.1. The highest BCUT2D eigenvalue weighted by molar-refractivity contribution is 5.94. The third-order valence-corrected chi connectivity index (χ3v) is 3.03. The monoisotopic (exact) mass is 302 g/mol. The van der Waals surface area contributed by atoms with Crippen LogP contribution in [-0.2, 0) is 11.3 Å². The molecule has 0 saturated heterocycles. The van der Waals surface area contributed by atoms with Crippen LogP contribution < -0.4 is 5.56 Å². The Morgan fingerprint density at radius 1 is 1.32 bits per heavy atom. The van der Waals surface area contributed by atoms with E-state index in [1.807, 2.05) is 0 Å². The summed E-state index contributed by atoms with van der Waals surface area (Å²) in [6, 6.07) is 8.93. The summed E-state index contributed by atoms with van der Waals surface area (Å²) < 4.78 is 6.42. The van der Waals surface area contributed by atoms with E-state index in [2.05, 4.69) is 0 Å². The molecule has 0 aliphatic rings. The number of hydrogen-bond acceptors (Lipinski definition) is 5. The van der Waals surface area contributed by atoms with E-state index in [1.54, 1.807) is 31.3 Å². The van der Waals surface area contributed by atoms with Crippen LogP contribution in [0.4, 0.5) is 5.69 Å². The zero-order valence-corrected chi connectivity index (χ0v) is 11.9. The van der Waals surface area contributed by atoms with Gasteiger partial charge < -0.3 is 9.30 Å². The van der Waals surface area contributed by atoms with Crippen molar-refractivity contribution in [3.8, 4) is 0 Å². The molecule has 0 unspecified atom stereocenters. The van der Waals surface area contributed by atoms with Gasteiger partial charge in [0.15, 0.2) is 0 Å². The van der Waals surface area contributed by atoms with Crippen LogP contribution in [0.5, 0.6) is 0 Å². The second-order valence-electron chi connectivity index (χ2n) is 4.65. The van der Waals surface area contributed by atoms with Crippen molar-refractivity contribution in [3.05, 3.63) is 74.2 Å². The van der Waals surface area contributed by atoms with Crippen LogP contribution in [0.3, 0.4) is 0 Å². The van der Waals surface area contributed by atoms with E-state index in [4.69, 9.17) is 4.74 Å². The number of nitro benzene ring substituents is 1. The highest BCUT2D eigenvalue weighted by Gasteiger charge is 2.21. The van der Waals surface area contributed by atoms with Crippen LogP contribution in [0.25, 0.3) is 0 Å². The summed E-state index contributed by atoms with van der Waals surface area (Å²) in [5.41, 5.74) is 0.120. The van der Waals surface area contributed by atoms with Gasteiger partial charge in [0.05, 0.1) is 11.5 Å². The van der Waals surface area contributed by atoms with Gasteiger partial charge in [0.25, 0.3) is 11.2 Å². The van der Waals surface area contributed by atoms with E-state index < -0.39 is 10.9 Å². The molecule has 0 N–H and O–H groups in total. The quantitative estimate of drug-likeness (QED) is 0.478. The number of nitro groups is 1. The molecular formula is C15H14N2O5. The predicted octanol–water partition coefficient (Wildman–Crippen LogP) is 1.92. The number of rotatable bonds is 5. The predicted molar refractivity (Wildman–Crippen MR) is 78.8 cm³/mol. The van der Waals surface area contributed by atoms with Crippen molar-refractivity contribution >= 4 is 11.7 Å². The van der Waals surface area contributed by atoms with Crippen molar-refractivity contribution in [2.75, 3.05) is 6.61 Å². The number of nitrogens with zero attached hydrogens (tertiary/aromatic N) is 2. The Bertz CT molecular complexity index is 767. The molecule has 0 bridgehead atoms. The fourth-order valence-electron chi connectivity index (χ4n) is 1.93. The van der Waals surface area contributed by atoms with Crippen LogP contribution in [0.1, 0.15) is 15.9 Å². The normalized spacial score (nSPS) is 10.2. The summed E-state index contributed by atoms with van der Waals surface area (Å²) in [4.78, 5) is 33.8. The van der Waals surface area contributed by atoms with Crippen LogP contribution in [0.2, 0.25) is 0 Å². The lowest BCUT2D eigenvalue weighted by molar-refractivity contribution is -0.385. The SMILES string of the molecule is Cc1ccc([N+](=O)[O-])c(C(=O)OCCn2ccccc2=O)c1. The van der Waals surface area contributed by atoms with Gasteiger partial charge in [-0.05, 0) is 24.6 Å². The van der Waals surface area contributed by atoms with E-state index >= 15 is 0 Å². The first kappa shape index (κ1) is 15.4. The summed E-state index contributed by atoms with van der Waals surface area (Å²) >= 11 is 0. The Hall–Kier alpha value is -2.96. The molecule has 0 aliphatic heterocycles. The first-order valence-corrected chi connectivity index (χ1v) is 6.56. The van der Waals surface area contributed by atoms with E-state index in [1.165, 1.54) is 22.8 Å². The molecular weight excluding hydrogens is 288 g/mol. The molecule has 114 valence electrons. The molecule has 0 saturated carbocycles. The summed E-state index contributed by atoms with van der Waals surface area (Å²) in [6.07, 6.45) is 1.57. The molecule has 7 heteroatoms. The molecule has 7 nitrogen and oxygen atoms in total. The lowest BCUT2D eigenvalue weighted by Gasteiger charge is -2.07. The summed E-state index contributed by atoms with van der Waals surface area (Å²) in [5, 5.41) is 10.9. The molecule has 2 rings (SSSR count). The molecule has 22 heavy (non-hydrogen) atoms. The fourth-order valence-corrected chi connectivity index (χ4v) is 1.93. The zero-order chi connectivity index (χ0) is 16.1. The number of ether oxygens (including phenoxy) is 1. The maximum Gasteiger partial charge on any atom is 0.345 e. The minimum atomic E-state index is -0.778. The van der Waals surface area contributed by atoms with E-state index in [0.29, 0.717) is 0 Å². The molecule has 0 atom stereocenters. The largest absolute Gasteiger partial charge is 0.460 e.